The molecule has 1 fully saturated rings. The Morgan fingerprint density at radius 2 is 1.92 bits per heavy atom. The summed E-state index contributed by atoms with van der Waals surface area (Å²) < 4.78 is 5.99. The van der Waals surface area contributed by atoms with E-state index >= 15 is 0 Å². The van der Waals surface area contributed by atoms with E-state index < -0.39 is 0 Å². The highest BCUT2D eigenvalue weighted by Crippen LogP contribution is 2.22. The number of hydrogen-bond donors (Lipinski definition) is 0. The lowest BCUT2D eigenvalue weighted by Crippen LogP contribution is -2.42. The highest BCUT2D eigenvalue weighted by atomic mass is 16.5. The third kappa shape index (κ3) is 3.72. The largest absolute Gasteiger partial charge is 0.490 e. The van der Waals surface area contributed by atoms with Gasteiger partial charge in [0.2, 0.25) is 0 Å². The highest BCUT2D eigenvalue weighted by Gasteiger charge is 2.27. The minimum atomic E-state index is 0.0254. The average Bonchev–Trinajstić information content (AvgIpc) is 2.62. The van der Waals surface area contributed by atoms with Crippen LogP contribution in [0.3, 0.4) is 0 Å². The van der Waals surface area contributed by atoms with Crippen molar-refractivity contribution >= 4 is 5.91 Å². The van der Waals surface area contributed by atoms with Crippen LogP contribution in [0.1, 0.15) is 48.7 Å². The first-order valence-corrected chi connectivity index (χ1v) is 8.46. The van der Waals surface area contributed by atoms with Crippen LogP contribution in [0.25, 0.3) is 0 Å². The summed E-state index contributed by atoms with van der Waals surface area (Å²) in [5, 5.41) is 0. The standard InChI is InChI=1S/C19H23N3O2/c1-14(2)18-17(12-20-13-21-18)19(23)22-10-8-16(9-11-22)24-15-6-4-3-5-7-15/h3-7,12-14,16H,8-11H2,1-2H3. The molecule has 0 atom stereocenters. The number of carbonyl (C=O) groups is 1. The van der Waals surface area contributed by atoms with Gasteiger partial charge in [-0.2, -0.15) is 0 Å². The quantitative estimate of drug-likeness (QED) is 0.865. The van der Waals surface area contributed by atoms with E-state index in [1.165, 1.54) is 6.33 Å². The first-order chi connectivity index (χ1) is 11.6. The summed E-state index contributed by atoms with van der Waals surface area (Å²) in [6.07, 6.45) is 4.98. The summed E-state index contributed by atoms with van der Waals surface area (Å²) in [6.45, 7) is 5.48. The first-order valence-electron chi connectivity index (χ1n) is 8.46. The molecule has 0 bridgehead atoms. The number of para-hydroxylation sites is 1. The van der Waals surface area contributed by atoms with Gasteiger partial charge < -0.3 is 9.64 Å². The summed E-state index contributed by atoms with van der Waals surface area (Å²) in [4.78, 5) is 23.0. The number of rotatable bonds is 4. The molecule has 0 unspecified atom stereocenters. The zero-order chi connectivity index (χ0) is 16.9. The molecule has 0 saturated carbocycles. The molecular weight excluding hydrogens is 302 g/mol. The molecule has 0 N–H and O–H groups in total. The average molecular weight is 325 g/mol. The third-order valence-electron chi connectivity index (χ3n) is 4.30. The summed E-state index contributed by atoms with van der Waals surface area (Å²) in [5.74, 6) is 1.11. The number of carbonyl (C=O) groups excluding carboxylic acids is 1. The number of nitrogens with zero attached hydrogens (tertiary/aromatic N) is 3. The van der Waals surface area contributed by atoms with Crippen molar-refractivity contribution in [2.24, 2.45) is 0 Å². The van der Waals surface area contributed by atoms with E-state index in [0.29, 0.717) is 18.7 Å². The van der Waals surface area contributed by atoms with E-state index in [4.69, 9.17) is 4.74 Å². The lowest BCUT2D eigenvalue weighted by atomic mass is 10.0. The topological polar surface area (TPSA) is 55.3 Å². The van der Waals surface area contributed by atoms with Crippen molar-refractivity contribution in [3.8, 4) is 5.75 Å². The summed E-state index contributed by atoms with van der Waals surface area (Å²) >= 11 is 0. The zero-order valence-electron chi connectivity index (χ0n) is 14.2. The number of likely N-dealkylation sites (tertiary alicyclic amines) is 1. The van der Waals surface area contributed by atoms with E-state index in [0.717, 1.165) is 24.3 Å². The molecule has 1 aliphatic heterocycles. The maximum absolute atomic E-state index is 12.8. The Bertz CT molecular complexity index is 680. The molecule has 1 saturated heterocycles. The maximum Gasteiger partial charge on any atom is 0.257 e. The molecule has 0 aliphatic carbocycles. The van der Waals surface area contributed by atoms with E-state index in [1.807, 2.05) is 49.1 Å². The second-order valence-electron chi connectivity index (χ2n) is 6.40. The molecule has 24 heavy (non-hydrogen) atoms. The van der Waals surface area contributed by atoms with E-state index in [1.54, 1.807) is 6.20 Å². The number of amides is 1. The second kappa shape index (κ2) is 7.43. The fourth-order valence-electron chi connectivity index (χ4n) is 3.00. The monoisotopic (exact) mass is 325 g/mol. The summed E-state index contributed by atoms with van der Waals surface area (Å²) in [7, 11) is 0. The van der Waals surface area contributed by atoms with Crippen molar-refractivity contribution in [2.45, 2.75) is 38.7 Å². The van der Waals surface area contributed by atoms with Crippen molar-refractivity contribution in [1.29, 1.82) is 0 Å². The van der Waals surface area contributed by atoms with Gasteiger partial charge in [0.1, 0.15) is 18.2 Å². The van der Waals surface area contributed by atoms with Crippen LogP contribution in [0.15, 0.2) is 42.9 Å². The van der Waals surface area contributed by atoms with Crippen LogP contribution in [0.4, 0.5) is 0 Å². The molecule has 1 amide bonds. The Morgan fingerprint density at radius 1 is 1.21 bits per heavy atom. The molecule has 3 rings (SSSR count). The van der Waals surface area contributed by atoms with Crippen LogP contribution < -0.4 is 4.74 Å². The summed E-state index contributed by atoms with van der Waals surface area (Å²) in [5.41, 5.74) is 1.44. The van der Waals surface area contributed by atoms with Crippen LogP contribution in [0, 0.1) is 0 Å². The SMILES string of the molecule is CC(C)c1ncncc1C(=O)N1CCC(Oc2ccccc2)CC1. The maximum atomic E-state index is 12.8. The Balaban J connectivity index is 1.61. The lowest BCUT2D eigenvalue weighted by molar-refractivity contribution is 0.0593. The lowest BCUT2D eigenvalue weighted by Gasteiger charge is -2.32. The number of piperidine rings is 1. The van der Waals surface area contributed by atoms with Crippen LogP contribution >= 0.6 is 0 Å². The van der Waals surface area contributed by atoms with Gasteiger partial charge in [0.05, 0.1) is 11.3 Å². The van der Waals surface area contributed by atoms with E-state index in [2.05, 4.69) is 9.97 Å². The molecule has 2 aromatic rings. The molecule has 5 heteroatoms. The van der Waals surface area contributed by atoms with Gasteiger partial charge in [-0.15, -0.1) is 0 Å². The third-order valence-corrected chi connectivity index (χ3v) is 4.30. The Morgan fingerprint density at radius 3 is 2.58 bits per heavy atom. The normalized spacial score (nSPS) is 15.5. The van der Waals surface area contributed by atoms with Crippen LogP contribution in [0.2, 0.25) is 0 Å². The van der Waals surface area contributed by atoms with Crippen molar-refractivity contribution in [3.05, 3.63) is 54.1 Å². The fourth-order valence-corrected chi connectivity index (χ4v) is 3.00. The van der Waals surface area contributed by atoms with Gasteiger partial charge in [-0.05, 0) is 18.1 Å². The predicted molar refractivity (Wildman–Crippen MR) is 92.1 cm³/mol. The first kappa shape index (κ1) is 16.4. The Labute approximate surface area is 142 Å². The van der Waals surface area contributed by atoms with Crippen molar-refractivity contribution in [1.82, 2.24) is 14.9 Å². The van der Waals surface area contributed by atoms with Crippen LogP contribution in [-0.4, -0.2) is 40.0 Å². The Hall–Kier alpha value is -2.43. The van der Waals surface area contributed by atoms with Crippen molar-refractivity contribution < 1.29 is 9.53 Å². The van der Waals surface area contributed by atoms with Gasteiger partial charge in [0.15, 0.2) is 0 Å². The van der Waals surface area contributed by atoms with Gasteiger partial charge in [-0.25, -0.2) is 9.97 Å². The molecule has 0 radical (unpaired) electrons. The predicted octanol–water partition coefficient (Wildman–Crippen LogP) is 3.28. The minimum Gasteiger partial charge on any atom is -0.490 e. The van der Waals surface area contributed by atoms with Gasteiger partial charge in [0, 0.05) is 32.1 Å². The number of hydrogen-bond acceptors (Lipinski definition) is 4. The van der Waals surface area contributed by atoms with Gasteiger partial charge in [0.25, 0.3) is 5.91 Å². The second-order valence-corrected chi connectivity index (χ2v) is 6.40. The zero-order valence-corrected chi connectivity index (χ0v) is 14.2. The fraction of sp³-hybridized carbons (Fsp3) is 0.421. The number of benzene rings is 1. The molecular formula is C19H23N3O2. The Kier molecular flexibility index (Phi) is 5.08. The van der Waals surface area contributed by atoms with Crippen molar-refractivity contribution in [3.63, 3.8) is 0 Å². The molecule has 1 aromatic heterocycles. The van der Waals surface area contributed by atoms with E-state index in [9.17, 15) is 4.79 Å². The molecule has 2 heterocycles. The molecule has 1 aliphatic rings. The smallest absolute Gasteiger partial charge is 0.257 e. The van der Waals surface area contributed by atoms with Crippen molar-refractivity contribution in [2.75, 3.05) is 13.1 Å². The minimum absolute atomic E-state index is 0.0254. The van der Waals surface area contributed by atoms with Gasteiger partial charge >= 0.3 is 0 Å². The molecule has 5 nitrogen and oxygen atoms in total. The van der Waals surface area contributed by atoms with Crippen LogP contribution in [0.5, 0.6) is 5.75 Å². The molecule has 0 spiro atoms. The molecule has 126 valence electrons. The van der Waals surface area contributed by atoms with Crippen LogP contribution in [-0.2, 0) is 0 Å². The highest BCUT2D eigenvalue weighted by molar-refractivity contribution is 5.95. The van der Waals surface area contributed by atoms with E-state index in [-0.39, 0.29) is 17.9 Å². The number of aromatic nitrogens is 2. The van der Waals surface area contributed by atoms with Gasteiger partial charge in [-0.1, -0.05) is 32.0 Å². The number of ether oxygens (including phenoxy) is 1. The summed E-state index contributed by atoms with van der Waals surface area (Å²) in [6, 6.07) is 9.84. The van der Waals surface area contributed by atoms with Gasteiger partial charge in [-0.3, -0.25) is 4.79 Å². The molecule has 1 aromatic carbocycles.